The number of nitrogens with one attached hydrogen (secondary N) is 1. The number of benzene rings is 2. The van der Waals surface area contributed by atoms with Gasteiger partial charge in [-0.15, -0.1) is 10.2 Å². The van der Waals surface area contributed by atoms with Crippen molar-refractivity contribution >= 4 is 29.3 Å². The number of rotatable bonds is 7. The quantitative estimate of drug-likeness (QED) is 0.587. The van der Waals surface area contributed by atoms with Gasteiger partial charge in [-0.25, -0.2) is 0 Å². The van der Waals surface area contributed by atoms with Crippen LogP contribution >= 0.6 is 23.4 Å². The van der Waals surface area contributed by atoms with Gasteiger partial charge in [-0.2, -0.15) is 0 Å². The van der Waals surface area contributed by atoms with Crippen LogP contribution in [0, 0.1) is 0 Å². The molecule has 0 saturated carbocycles. The van der Waals surface area contributed by atoms with Crippen LogP contribution in [0.1, 0.15) is 18.5 Å². The van der Waals surface area contributed by atoms with Gasteiger partial charge in [0.25, 0.3) is 0 Å². The van der Waals surface area contributed by atoms with Crippen molar-refractivity contribution in [3.05, 3.63) is 59.1 Å². The lowest BCUT2D eigenvalue weighted by atomic mass is 10.1. The van der Waals surface area contributed by atoms with Gasteiger partial charge in [0.05, 0.1) is 24.5 Å². The molecule has 146 valence electrons. The molecule has 0 fully saturated rings. The minimum absolute atomic E-state index is 0.0747. The molecule has 8 heteroatoms. The zero-order chi connectivity index (χ0) is 20.1. The van der Waals surface area contributed by atoms with Crippen molar-refractivity contribution in [2.24, 2.45) is 7.05 Å². The molecule has 0 radical (unpaired) electrons. The summed E-state index contributed by atoms with van der Waals surface area (Å²) < 4.78 is 7.25. The van der Waals surface area contributed by atoms with Gasteiger partial charge in [-0.05, 0) is 36.8 Å². The number of halogens is 1. The maximum Gasteiger partial charge on any atom is 0.230 e. The van der Waals surface area contributed by atoms with E-state index in [2.05, 4.69) is 15.5 Å². The number of nitrogens with zero attached hydrogens (tertiary/aromatic N) is 3. The van der Waals surface area contributed by atoms with Crippen LogP contribution < -0.4 is 10.1 Å². The Bertz CT molecular complexity index is 959. The van der Waals surface area contributed by atoms with E-state index in [1.54, 1.807) is 7.11 Å². The number of amides is 1. The first-order valence-corrected chi connectivity index (χ1v) is 10.1. The summed E-state index contributed by atoms with van der Waals surface area (Å²) in [7, 11) is 3.50. The third kappa shape index (κ3) is 4.66. The molecule has 6 nitrogen and oxygen atoms in total. The molecule has 0 bridgehead atoms. The highest BCUT2D eigenvalue weighted by atomic mass is 35.5. The molecule has 1 N–H and O–H groups in total. The maximum atomic E-state index is 12.3. The third-order valence-corrected chi connectivity index (χ3v) is 5.53. The second-order valence-electron chi connectivity index (χ2n) is 6.19. The fourth-order valence-corrected chi connectivity index (χ4v) is 3.60. The summed E-state index contributed by atoms with van der Waals surface area (Å²) in [6.45, 7) is 1.94. The van der Waals surface area contributed by atoms with Crippen molar-refractivity contribution in [1.82, 2.24) is 20.1 Å². The van der Waals surface area contributed by atoms with Gasteiger partial charge >= 0.3 is 0 Å². The van der Waals surface area contributed by atoms with Gasteiger partial charge in [-0.1, -0.05) is 47.6 Å². The molecule has 0 aliphatic rings. The summed E-state index contributed by atoms with van der Waals surface area (Å²) in [6, 6.07) is 15.0. The number of hydrogen-bond acceptors (Lipinski definition) is 5. The average Bonchev–Trinajstić information content (AvgIpc) is 3.07. The number of hydrogen-bond donors (Lipinski definition) is 1. The van der Waals surface area contributed by atoms with Crippen LogP contribution in [0.3, 0.4) is 0 Å². The van der Waals surface area contributed by atoms with Crippen molar-refractivity contribution in [1.29, 1.82) is 0 Å². The van der Waals surface area contributed by atoms with Crippen molar-refractivity contribution in [2.45, 2.75) is 18.1 Å². The van der Waals surface area contributed by atoms with Crippen LogP contribution in [0.15, 0.2) is 53.7 Å². The first kappa shape index (κ1) is 20.2. The Morgan fingerprint density at radius 1 is 1.21 bits per heavy atom. The van der Waals surface area contributed by atoms with Gasteiger partial charge in [-0.3, -0.25) is 4.79 Å². The van der Waals surface area contributed by atoms with E-state index in [1.807, 2.05) is 67.1 Å². The summed E-state index contributed by atoms with van der Waals surface area (Å²) in [6.07, 6.45) is 0. The number of carbonyl (C=O) groups is 1. The lowest BCUT2D eigenvalue weighted by Crippen LogP contribution is -2.28. The zero-order valence-corrected chi connectivity index (χ0v) is 17.4. The molecule has 1 aromatic heterocycles. The van der Waals surface area contributed by atoms with Crippen LogP contribution in [0.25, 0.3) is 11.4 Å². The van der Waals surface area contributed by atoms with E-state index in [0.717, 1.165) is 16.9 Å². The molecule has 0 aliphatic heterocycles. The van der Waals surface area contributed by atoms with E-state index >= 15 is 0 Å². The van der Waals surface area contributed by atoms with E-state index in [0.29, 0.717) is 16.0 Å². The third-order valence-electron chi connectivity index (χ3n) is 4.26. The monoisotopic (exact) mass is 416 g/mol. The zero-order valence-electron chi connectivity index (χ0n) is 15.8. The van der Waals surface area contributed by atoms with Crippen LogP contribution in [-0.4, -0.2) is 33.5 Å². The summed E-state index contributed by atoms with van der Waals surface area (Å²) >= 11 is 7.25. The summed E-state index contributed by atoms with van der Waals surface area (Å²) in [4.78, 5) is 12.3. The molecule has 0 saturated heterocycles. The number of thioether (sulfide) groups is 1. The predicted octanol–water partition coefficient (Wildman–Crippen LogP) is 4.11. The molecule has 0 spiro atoms. The summed E-state index contributed by atoms with van der Waals surface area (Å²) in [5.74, 6) is 1.59. The van der Waals surface area contributed by atoms with Gasteiger partial charge in [0, 0.05) is 12.1 Å². The van der Waals surface area contributed by atoms with Gasteiger partial charge in [0.2, 0.25) is 5.91 Å². The Kier molecular flexibility index (Phi) is 6.59. The molecule has 2 aromatic carbocycles. The highest BCUT2D eigenvalue weighted by molar-refractivity contribution is 7.99. The van der Waals surface area contributed by atoms with Crippen molar-refractivity contribution in [3.8, 4) is 17.1 Å². The molecule has 1 heterocycles. The van der Waals surface area contributed by atoms with E-state index < -0.39 is 0 Å². The topological polar surface area (TPSA) is 69.0 Å². The van der Waals surface area contributed by atoms with Crippen LogP contribution in [0.4, 0.5) is 0 Å². The molecule has 1 unspecified atom stereocenters. The van der Waals surface area contributed by atoms with E-state index in [9.17, 15) is 4.79 Å². The number of para-hydroxylation sites is 1. The lowest BCUT2D eigenvalue weighted by molar-refractivity contribution is -0.119. The van der Waals surface area contributed by atoms with Crippen molar-refractivity contribution in [3.63, 3.8) is 0 Å². The summed E-state index contributed by atoms with van der Waals surface area (Å²) in [5.41, 5.74) is 1.85. The Morgan fingerprint density at radius 3 is 2.64 bits per heavy atom. The second kappa shape index (κ2) is 9.12. The van der Waals surface area contributed by atoms with Gasteiger partial charge < -0.3 is 14.6 Å². The number of ether oxygens (including phenoxy) is 1. The summed E-state index contributed by atoms with van der Waals surface area (Å²) in [5, 5.41) is 12.8. The molecule has 3 aromatic rings. The Balaban J connectivity index is 1.63. The fraction of sp³-hybridized carbons (Fsp3) is 0.250. The molecule has 1 amide bonds. The first-order valence-electron chi connectivity index (χ1n) is 8.70. The van der Waals surface area contributed by atoms with Crippen molar-refractivity contribution < 1.29 is 9.53 Å². The van der Waals surface area contributed by atoms with Crippen LogP contribution in [0.2, 0.25) is 5.02 Å². The minimum Gasteiger partial charge on any atom is -0.496 e. The average molecular weight is 417 g/mol. The number of aromatic nitrogens is 3. The highest BCUT2D eigenvalue weighted by Crippen LogP contribution is 2.30. The van der Waals surface area contributed by atoms with Crippen LogP contribution in [0.5, 0.6) is 5.75 Å². The first-order chi connectivity index (χ1) is 13.5. The van der Waals surface area contributed by atoms with E-state index in [-0.39, 0.29) is 17.7 Å². The Morgan fingerprint density at radius 2 is 1.93 bits per heavy atom. The Hall–Kier alpha value is -2.51. The molecular formula is C20H21ClN4O2S. The second-order valence-corrected chi connectivity index (χ2v) is 7.57. The number of carbonyl (C=O) groups excluding carboxylic acids is 1. The minimum atomic E-state index is -0.103. The van der Waals surface area contributed by atoms with E-state index in [1.165, 1.54) is 11.8 Å². The standard InChI is InChI=1S/C20H21ClN4O2S/c1-13(14-8-10-15(21)11-9-14)22-18(26)12-28-20-24-23-19(25(20)2)16-6-4-5-7-17(16)27-3/h4-11,13H,12H2,1-3H3,(H,22,26). The van der Waals surface area contributed by atoms with E-state index in [4.69, 9.17) is 16.3 Å². The predicted molar refractivity (Wildman–Crippen MR) is 112 cm³/mol. The molecule has 1 atom stereocenters. The van der Waals surface area contributed by atoms with Crippen molar-refractivity contribution in [2.75, 3.05) is 12.9 Å². The Labute approximate surface area is 173 Å². The number of methoxy groups -OCH3 is 1. The normalized spacial score (nSPS) is 11.9. The SMILES string of the molecule is COc1ccccc1-c1nnc(SCC(=O)NC(C)c2ccc(Cl)cc2)n1C. The lowest BCUT2D eigenvalue weighted by Gasteiger charge is -2.14. The maximum absolute atomic E-state index is 12.3. The molecule has 28 heavy (non-hydrogen) atoms. The molecule has 0 aliphatic carbocycles. The highest BCUT2D eigenvalue weighted by Gasteiger charge is 2.16. The largest absolute Gasteiger partial charge is 0.496 e. The van der Waals surface area contributed by atoms with Gasteiger partial charge in [0.15, 0.2) is 11.0 Å². The molecular weight excluding hydrogens is 396 g/mol. The fourth-order valence-electron chi connectivity index (χ4n) is 2.75. The molecule has 3 rings (SSSR count). The van der Waals surface area contributed by atoms with Crippen LogP contribution in [-0.2, 0) is 11.8 Å². The van der Waals surface area contributed by atoms with Gasteiger partial charge in [0.1, 0.15) is 5.75 Å². The smallest absolute Gasteiger partial charge is 0.230 e.